The van der Waals surface area contributed by atoms with Gasteiger partial charge >= 0.3 is 5.97 Å². The van der Waals surface area contributed by atoms with Crippen LogP contribution in [0.4, 0.5) is 5.69 Å². The van der Waals surface area contributed by atoms with Crippen molar-refractivity contribution in [1.29, 1.82) is 0 Å². The van der Waals surface area contributed by atoms with E-state index in [1.807, 2.05) is 6.92 Å². The zero-order valence-corrected chi connectivity index (χ0v) is 12.5. The van der Waals surface area contributed by atoms with Crippen LogP contribution in [0.15, 0.2) is 18.2 Å². The van der Waals surface area contributed by atoms with E-state index in [9.17, 15) is 24.8 Å². The zero-order chi connectivity index (χ0) is 16.4. The Hall–Kier alpha value is -2.44. The second-order valence-corrected chi connectivity index (χ2v) is 5.84. The molecular weight excluding hydrogens is 288 g/mol. The first kappa shape index (κ1) is 15.9. The fraction of sp³-hybridized carbons (Fsp3) is 0.467. The van der Waals surface area contributed by atoms with Gasteiger partial charge in [0, 0.05) is 30.8 Å². The van der Waals surface area contributed by atoms with E-state index >= 15 is 0 Å². The maximum atomic E-state index is 12.6. The third-order valence-electron chi connectivity index (χ3n) is 3.96. The summed E-state index contributed by atoms with van der Waals surface area (Å²) >= 11 is 0. The molecule has 22 heavy (non-hydrogen) atoms. The molecule has 0 radical (unpaired) electrons. The molecule has 0 aromatic heterocycles. The molecule has 1 saturated heterocycles. The van der Waals surface area contributed by atoms with Gasteiger partial charge in [-0.3, -0.25) is 19.7 Å². The minimum absolute atomic E-state index is 0.0813. The number of likely N-dealkylation sites (tertiary alicyclic amines) is 1. The third kappa shape index (κ3) is 3.24. The first-order chi connectivity index (χ1) is 10.3. The van der Waals surface area contributed by atoms with Crippen LogP contribution in [0.5, 0.6) is 0 Å². The van der Waals surface area contributed by atoms with Crippen LogP contribution < -0.4 is 0 Å². The summed E-state index contributed by atoms with van der Waals surface area (Å²) in [6.45, 7) is 4.21. The van der Waals surface area contributed by atoms with E-state index in [-0.39, 0.29) is 29.6 Å². The molecule has 7 heteroatoms. The van der Waals surface area contributed by atoms with Crippen LogP contribution in [-0.4, -0.2) is 39.9 Å². The molecule has 0 aliphatic carbocycles. The molecule has 1 aliphatic heterocycles. The predicted molar refractivity (Wildman–Crippen MR) is 78.6 cm³/mol. The minimum Gasteiger partial charge on any atom is -0.481 e. The van der Waals surface area contributed by atoms with Crippen molar-refractivity contribution in [2.24, 2.45) is 11.8 Å². The summed E-state index contributed by atoms with van der Waals surface area (Å²) in [7, 11) is 0. The lowest BCUT2D eigenvalue weighted by Crippen LogP contribution is -2.45. The van der Waals surface area contributed by atoms with E-state index in [0.717, 1.165) is 0 Å². The van der Waals surface area contributed by atoms with Crippen molar-refractivity contribution in [1.82, 2.24) is 4.90 Å². The zero-order valence-electron chi connectivity index (χ0n) is 12.5. The lowest BCUT2D eigenvalue weighted by Gasteiger charge is -2.35. The molecule has 1 N–H and O–H groups in total. The Morgan fingerprint density at radius 3 is 2.64 bits per heavy atom. The van der Waals surface area contributed by atoms with Crippen molar-refractivity contribution in [2.45, 2.75) is 20.3 Å². The fourth-order valence-electron chi connectivity index (χ4n) is 2.82. The van der Waals surface area contributed by atoms with Crippen molar-refractivity contribution in [2.75, 3.05) is 13.1 Å². The van der Waals surface area contributed by atoms with E-state index in [2.05, 4.69) is 0 Å². The number of carboxylic acid groups (broad SMARTS) is 1. The average molecular weight is 306 g/mol. The summed E-state index contributed by atoms with van der Waals surface area (Å²) in [5, 5.41) is 20.0. The number of nitro benzene ring substituents is 1. The van der Waals surface area contributed by atoms with E-state index < -0.39 is 16.8 Å². The number of aryl methyl sites for hydroxylation is 1. The van der Waals surface area contributed by atoms with Gasteiger partial charge in [0.25, 0.3) is 11.6 Å². The number of rotatable bonds is 3. The molecule has 1 fully saturated rings. The monoisotopic (exact) mass is 306 g/mol. The van der Waals surface area contributed by atoms with Crippen molar-refractivity contribution < 1.29 is 19.6 Å². The summed E-state index contributed by atoms with van der Waals surface area (Å²) in [4.78, 5) is 35.6. The number of carbonyl (C=O) groups excluding carboxylic acids is 1. The Balaban J connectivity index is 2.29. The first-order valence-corrected chi connectivity index (χ1v) is 7.06. The number of benzene rings is 1. The molecule has 2 unspecified atom stereocenters. The van der Waals surface area contributed by atoms with Gasteiger partial charge in [0.05, 0.1) is 10.8 Å². The molecule has 7 nitrogen and oxygen atoms in total. The fourth-order valence-corrected chi connectivity index (χ4v) is 2.82. The van der Waals surface area contributed by atoms with Crippen LogP contribution in [0.1, 0.15) is 29.3 Å². The van der Waals surface area contributed by atoms with Gasteiger partial charge in [-0.1, -0.05) is 13.0 Å². The topological polar surface area (TPSA) is 101 Å². The van der Waals surface area contributed by atoms with Crippen LogP contribution >= 0.6 is 0 Å². The highest BCUT2D eigenvalue weighted by atomic mass is 16.6. The third-order valence-corrected chi connectivity index (χ3v) is 3.96. The number of nitrogens with zero attached hydrogens (tertiary/aromatic N) is 2. The highest BCUT2D eigenvalue weighted by Gasteiger charge is 2.33. The van der Waals surface area contributed by atoms with Crippen LogP contribution in [-0.2, 0) is 4.79 Å². The highest BCUT2D eigenvalue weighted by Crippen LogP contribution is 2.25. The van der Waals surface area contributed by atoms with Gasteiger partial charge in [-0.15, -0.1) is 0 Å². The average Bonchev–Trinajstić information content (AvgIpc) is 2.46. The summed E-state index contributed by atoms with van der Waals surface area (Å²) in [5.41, 5.74) is 0.752. The van der Waals surface area contributed by atoms with Gasteiger partial charge < -0.3 is 10.0 Å². The van der Waals surface area contributed by atoms with Crippen LogP contribution in [0.25, 0.3) is 0 Å². The standard InChI is InChI=1S/C15H18N2O5/c1-9-5-11(15(19)20)8-16(7-9)14(18)13-6-12(17(21)22)4-3-10(13)2/h3-4,6,9,11H,5,7-8H2,1-2H3,(H,19,20). The molecule has 1 amide bonds. The molecule has 2 rings (SSSR count). The molecule has 118 valence electrons. The number of hydrogen-bond donors (Lipinski definition) is 1. The molecule has 1 aliphatic rings. The molecule has 1 heterocycles. The maximum Gasteiger partial charge on any atom is 0.308 e. The van der Waals surface area contributed by atoms with E-state index in [1.54, 1.807) is 6.92 Å². The Kier molecular flexibility index (Phi) is 4.44. The quantitative estimate of drug-likeness (QED) is 0.680. The number of hydrogen-bond acceptors (Lipinski definition) is 4. The number of non-ortho nitro benzene ring substituents is 1. The van der Waals surface area contributed by atoms with Crippen molar-refractivity contribution in [3.05, 3.63) is 39.4 Å². The number of carbonyl (C=O) groups is 2. The number of nitro groups is 1. The molecule has 0 bridgehead atoms. The van der Waals surface area contributed by atoms with Gasteiger partial charge in [-0.2, -0.15) is 0 Å². The molecule has 1 aromatic carbocycles. The lowest BCUT2D eigenvalue weighted by atomic mass is 9.90. The second kappa shape index (κ2) is 6.13. The van der Waals surface area contributed by atoms with Crippen LogP contribution in [0.2, 0.25) is 0 Å². The lowest BCUT2D eigenvalue weighted by molar-refractivity contribution is -0.384. The van der Waals surface area contributed by atoms with Crippen LogP contribution in [0.3, 0.4) is 0 Å². The number of amides is 1. The van der Waals surface area contributed by atoms with E-state index in [0.29, 0.717) is 18.5 Å². The van der Waals surface area contributed by atoms with Crippen LogP contribution in [0, 0.1) is 28.9 Å². The first-order valence-electron chi connectivity index (χ1n) is 7.06. The molecular formula is C15H18N2O5. The van der Waals surface area contributed by atoms with Gasteiger partial charge in [-0.05, 0) is 24.8 Å². The molecule has 0 saturated carbocycles. The SMILES string of the molecule is Cc1ccc([N+](=O)[O-])cc1C(=O)N1CC(C)CC(C(=O)O)C1. The summed E-state index contributed by atoms with van der Waals surface area (Å²) in [5.74, 6) is -1.77. The van der Waals surface area contributed by atoms with Crippen molar-refractivity contribution in [3.8, 4) is 0 Å². The highest BCUT2D eigenvalue weighted by molar-refractivity contribution is 5.96. The largest absolute Gasteiger partial charge is 0.481 e. The number of piperidine rings is 1. The Bertz CT molecular complexity index is 628. The second-order valence-electron chi connectivity index (χ2n) is 5.84. The molecule has 2 atom stereocenters. The Morgan fingerprint density at radius 2 is 2.05 bits per heavy atom. The minimum atomic E-state index is -0.917. The number of carboxylic acids is 1. The van der Waals surface area contributed by atoms with Gasteiger partial charge in [-0.25, -0.2) is 0 Å². The Labute approximate surface area is 127 Å². The van der Waals surface area contributed by atoms with Gasteiger partial charge in [0.1, 0.15) is 0 Å². The van der Waals surface area contributed by atoms with E-state index in [4.69, 9.17) is 0 Å². The Morgan fingerprint density at radius 1 is 1.36 bits per heavy atom. The molecule has 0 spiro atoms. The summed E-state index contributed by atoms with van der Waals surface area (Å²) in [6.07, 6.45) is 0.535. The van der Waals surface area contributed by atoms with Gasteiger partial charge in [0.15, 0.2) is 0 Å². The van der Waals surface area contributed by atoms with Gasteiger partial charge in [0.2, 0.25) is 0 Å². The van der Waals surface area contributed by atoms with Crippen molar-refractivity contribution in [3.63, 3.8) is 0 Å². The molecule has 1 aromatic rings. The van der Waals surface area contributed by atoms with Crippen molar-refractivity contribution >= 4 is 17.6 Å². The normalized spacial score (nSPS) is 21.5. The van der Waals surface area contributed by atoms with E-state index in [1.165, 1.54) is 23.1 Å². The maximum absolute atomic E-state index is 12.6. The summed E-state index contributed by atoms with van der Waals surface area (Å²) in [6, 6.07) is 4.14. The predicted octanol–water partition coefficient (Wildman–Crippen LogP) is 2.09. The number of aliphatic carboxylic acids is 1. The summed E-state index contributed by atoms with van der Waals surface area (Å²) < 4.78 is 0. The smallest absolute Gasteiger partial charge is 0.308 e.